The SMILES string of the molecule is Cc1nc(N2CCC(C)(NC(=N)N)CC2)nc(C(N)=O)c1-c1cccc(Cl)c1Cl. The van der Waals surface area contributed by atoms with E-state index in [1.54, 1.807) is 25.1 Å². The van der Waals surface area contributed by atoms with Crippen molar-refractivity contribution in [1.82, 2.24) is 15.3 Å². The molecule has 2 heterocycles. The first-order valence-electron chi connectivity index (χ1n) is 9.11. The van der Waals surface area contributed by atoms with Gasteiger partial charge in [0.05, 0.1) is 15.7 Å². The molecule has 154 valence electrons. The zero-order chi connectivity index (χ0) is 21.3. The second kappa shape index (κ2) is 8.04. The first-order chi connectivity index (χ1) is 13.6. The third-order valence-electron chi connectivity index (χ3n) is 5.12. The van der Waals surface area contributed by atoms with Crippen LogP contribution in [-0.2, 0) is 0 Å². The smallest absolute Gasteiger partial charge is 0.268 e. The molecule has 0 unspecified atom stereocenters. The molecule has 29 heavy (non-hydrogen) atoms. The number of nitrogens with one attached hydrogen (secondary N) is 2. The average Bonchev–Trinajstić information content (AvgIpc) is 2.63. The zero-order valence-electron chi connectivity index (χ0n) is 16.2. The summed E-state index contributed by atoms with van der Waals surface area (Å²) in [4.78, 5) is 23.3. The molecule has 0 spiro atoms. The quantitative estimate of drug-likeness (QED) is 0.430. The van der Waals surface area contributed by atoms with Crippen LogP contribution >= 0.6 is 23.2 Å². The largest absolute Gasteiger partial charge is 0.370 e. The number of benzene rings is 1. The number of hydrogen-bond acceptors (Lipinski definition) is 5. The van der Waals surface area contributed by atoms with Gasteiger partial charge in [0.15, 0.2) is 5.96 Å². The lowest BCUT2D eigenvalue weighted by atomic mass is 9.90. The van der Waals surface area contributed by atoms with E-state index in [0.717, 1.165) is 12.8 Å². The van der Waals surface area contributed by atoms with Crippen molar-refractivity contribution in [2.75, 3.05) is 18.0 Å². The first kappa shape index (κ1) is 21.1. The van der Waals surface area contributed by atoms with Crippen LogP contribution in [0.5, 0.6) is 0 Å². The molecule has 2 aromatic rings. The molecule has 6 N–H and O–H groups in total. The highest BCUT2D eigenvalue weighted by molar-refractivity contribution is 6.43. The molecule has 0 saturated carbocycles. The number of carbonyl (C=O) groups is 1. The molecule has 0 atom stereocenters. The van der Waals surface area contributed by atoms with Gasteiger partial charge in [-0.3, -0.25) is 10.2 Å². The van der Waals surface area contributed by atoms with Crippen LogP contribution in [0, 0.1) is 12.3 Å². The molecule has 0 aliphatic carbocycles. The number of rotatable bonds is 4. The molecule has 3 rings (SSSR count). The number of anilines is 1. The van der Waals surface area contributed by atoms with Gasteiger partial charge in [-0.15, -0.1) is 0 Å². The van der Waals surface area contributed by atoms with E-state index in [4.69, 9.17) is 40.1 Å². The van der Waals surface area contributed by atoms with Gasteiger partial charge in [-0.25, -0.2) is 9.97 Å². The maximum Gasteiger partial charge on any atom is 0.268 e. The van der Waals surface area contributed by atoms with E-state index in [-0.39, 0.29) is 17.2 Å². The molecule has 1 aliphatic heterocycles. The van der Waals surface area contributed by atoms with Crippen LogP contribution in [0.2, 0.25) is 10.0 Å². The van der Waals surface area contributed by atoms with E-state index >= 15 is 0 Å². The summed E-state index contributed by atoms with van der Waals surface area (Å²) in [5.41, 5.74) is 12.6. The molecule has 1 aliphatic rings. The standard InChI is InChI=1S/C19H23Cl2N7O/c1-10-13(11-4-3-5-12(20)14(11)21)15(16(22)29)26-18(25-10)28-8-6-19(2,7-9-28)27-17(23)24/h3-5H,6-9H2,1-2H3,(H2,22,29)(H4,23,24,27). The van der Waals surface area contributed by atoms with Crippen molar-refractivity contribution < 1.29 is 4.79 Å². The summed E-state index contributed by atoms with van der Waals surface area (Å²) in [6, 6.07) is 5.17. The molecule has 1 fully saturated rings. The number of nitrogens with zero attached hydrogens (tertiary/aromatic N) is 3. The van der Waals surface area contributed by atoms with Gasteiger partial charge >= 0.3 is 0 Å². The summed E-state index contributed by atoms with van der Waals surface area (Å²) in [7, 11) is 0. The van der Waals surface area contributed by atoms with Gasteiger partial charge in [-0.1, -0.05) is 35.3 Å². The Morgan fingerprint density at radius 2 is 1.90 bits per heavy atom. The molecule has 0 bridgehead atoms. The summed E-state index contributed by atoms with van der Waals surface area (Å²) in [5, 5.41) is 11.2. The number of aryl methyl sites for hydroxylation is 1. The van der Waals surface area contributed by atoms with Crippen molar-refractivity contribution in [2.45, 2.75) is 32.2 Å². The van der Waals surface area contributed by atoms with Crippen LogP contribution in [-0.4, -0.2) is 40.5 Å². The van der Waals surface area contributed by atoms with Crippen molar-refractivity contribution in [3.05, 3.63) is 39.6 Å². The first-order valence-corrected chi connectivity index (χ1v) is 9.87. The summed E-state index contributed by atoms with van der Waals surface area (Å²) in [6.07, 6.45) is 1.48. The highest BCUT2D eigenvalue weighted by Crippen LogP contribution is 2.37. The summed E-state index contributed by atoms with van der Waals surface area (Å²) < 4.78 is 0. The third kappa shape index (κ3) is 4.38. The Kier molecular flexibility index (Phi) is 5.86. The van der Waals surface area contributed by atoms with Crippen LogP contribution in [0.3, 0.4) is 0 Å². The lowest BCUT2D eigenvalue weighted by molar-refractivity contribution is 0.0996. The fourth-order valence-corrected chi connectivity index (χ4v) is 3.94. The van der Waals surface area contributed by atoms with E-state index < -0.39 is 5.91 Å². The van der Waals surface area contributed by atoms with Crippen molar-refractivity contribution in [3.8, 4) is 11.1 Å². The van der Waals surface area contributed by atoms with E-state index in [2.05, 4.69) is 15.3 Å². The van der Waals surface area contributed by atoms with E-state index in [1.165, 1.54) is 0 Å². The minimum Gasteiger partial charge on any atom is -0.370 e. The number of amides is 1. The van der Waals surface area contributed by atoms with Crippen LogP contribution in [0.1, 0.15) is 35.9 Å². The minimum absolute atomic E-state index is 0.0492. The monoisotopic (exact) mass is 435 g/mol. The van der Waals surface area contributed by atoms with Crippen molar-refractivity contribution >= 4 is 41.0 Å². The number of primary amides is 1. The third-order valence-corrected chi connectivity index (χ3v) is 5.94. The Hall–Kier alpha value is -2.58. The van der Waals surface area contributed by atoms with Gasteiger partial charge in [0.1, 0.15) is 5.69 Å². The Morgan fingerprint density at radius 3 is 2.48 bits per heavy atom. The predicted octanol–water partition coefficient (Wildman–Crippen LogP) is 2.70. The van der Waals surface area contributed by atoms with E-state index in [0.29, 0.717) is 45.9 Å². The van der Waals surface area contributed by atoms with Crippen molar-refractivity contribution in [2.24, 2.45) is 11.5 Å². The summed E-state index contributed by atoms with van der Waals surface area (Å²) >= 11 is 12.5. The van der Waals surface area contributed by atoms with E-state index in [9.17, 15) is 4.79 Å². The minimum atomic E-state index is -0.664. The molecular weight excluding hydrogens is 413 g/mol. The molecule has 1 saturated heterocycles. The zero-order valence-corrected chi connectivity index (χ0v) is 17.7. The highest BCUT2D eigenvalue weighted by atomic mass is 35.5. The number of carbonyl (C=O) groups excluding carboxylic acids is 1. The molecule has 10 heteroatoms. The number of guanidine groups is 1. The molecule has 8 nitrogen and oxygen atoms in total. The second-order valence-electron chi connectivity index (χ2n) is 7.38. The Bertz CT molecular complexity index is 971. The lowest BCUT2D eigenvalue weighted by Gasteiger charge is -2.40. The van der Waals surface area contributed by atoms with E-state index in [1.807, 2.05) is 11.8 Å². The normalized spacial score (nSPS) is 15.8. The van der Waals surface area contributed by atoms with Gasteiger partial charge < -0.3 is 21.7 Å². The van der Waals surface area contributed by atoms with Crippen LogP contribution in [0.4, 0.5) is 5.95 Å². The van der Waals surface area contributed by atoms with Gasteiger partial charge in [-0.2, -0.15) is 0 Å². The van der Waals surface area contributed by atoms with Gasteiger partial charge in [0, 0.05) is 29.8 Å². The van der Waals surface area contributed by atoms with Crippen LogP contribution < -0.4 is 21.7 Å². The summed E-state index contributed by atoms with van der Waals surface area (Å²) in [6.45, 7) is 5.10. The number of nitrogens with two attached hydrogens (primary N) is 2. The maximum absolute atomic E-state index is 12.2. The van der Waals surface area contributed by atoms with Crippen molar-refractivity contribution in [3.63, 3.8) is 0 Å². The highest BCUT2D eigenvalue weighted by Gasteiger charge is 2.32. The number of halogens is 2. The molecular formula is C19H23Cl2N7O. The van der Waals surface area contributed by atoms with Gasteiger partial charge in [-0.05, 0) is 32.8 Å². The topological polar surface area (TPSA) is 134 Å². The lowest BCUT2D eigenvalue weighted by Crippen LogP contribution is -2.55. The van der Waals surface area contributed by atoms with Crippen LogP contribution in [0.25, 0.3) is 11.1 Å². The van der Waals surface area contributed by atoms with Crippen molar-refractivity contribution in [1.29, 1.82) is 5.41 Å². The fraction of sp³-hybridized carbons (Fsp3) is 0.368. The number of aromatic nitrogens is 2. The second-order valence-corrected chi connectivity index (χ2v) is 8.17. The van der Waals surface area contributed by atoms with Crippen LogP contribution in [0.15, 0.2) is 18.2 Å². The predicted molar refractivity (Wildman–Crippen MR) is 116 cm³/mol. The molecule has 1 amide bonds. The molecule has 1 aromatic heterocycles. The molecule has 0 radical (unpaired) electrons. The summed E-state index contributed by atoms with van der Waals surface area (Å²) in [5.74, 6) is -0.280. The van der Waals surface area contributed by atoms with Gasteiger partial charge in [0.25, 0.3) is 5.91 Å². The Balaban J connectivity index is 1.97. The Labute approximate surface area is 179 Å². The Morgan fingerprint density at radius 1 is 1.24 bits per heavy atom. The average molecular weight is 436 g/mol. The van der Waals surface area contributed by atoms with Gasteiger partial charge in [0.2, 0.25) is 5.95 Å². The number of piperidine rings is 1. The molecule has 1 aromatic carbocycles. The maximum atomic E-state index is 12.2. The number of hydrogen-bond donors (Lipinski definition) is 4. The fourth-order valence-electron chi connectivity index (χ4n) is 3.55.